The van der Waals surface area contributed by atoms with Crippen LogP contribution < -0.4 is 4.74 Å². The topological polar surface area (TPSA) is 35.5 Å². The summed E-state index contributed by atoms with van der Waals surface area (Å²) < 4.78 is 10.2. The van der Waals surface area contributed by atoms with Crippen molar-refractivity contribution in [1.82, 2.24) is 0 Å². The molecule has 0 bridgehead atoms. The predicted molar refractivity (Wildman–Crippen MR) is 82.4 cm³/mol. The molecule has 2 aromatic carbocycles. The monoisotopic (exact) mass is 284 g/mol. The molecule has 2 rings (SSSR count). The van der Waals surface area contributed by atoms with E-state index in [2.05, 4.69) is 29.0 Å². The molecule has 0 unspecified atom stereocenters. The molecule has 0 radical (unpaired) electrons. The summed E-state index contributed by atoms with van der Waals surface area (Å²) >= 11 is 0. The van der Waals surface area contributed by atoms with Crippen molar-refractivity contribution in [3.63, 3.8) is 0 Å². The summed E-state index contributed by atoms with van der Waals surface area (Å²) in [7, 11) is 1.40. The Morgan fingerprint density at radius 1 is 0.952 bits per heavy atom. The van der Waals surface area contributed by atoms with Gasteiger partial charge in [0.25, 0.3) is 0 Å². The Labute approximate surface area is 125 Å². The molecule has 0 aliphatic heterocycles. The van der Waals surface area contributed by atoms with Crippen LogP contribution in [0.15, 0.2) is 54.6 Å². The van der Waals surface area contributed by atoms with Crippen LogP contribution in [0.25, 0.3) is 0 Å². The third-order valence-electron chi connectivity index (χ3n) is 3.20. The minimum Gasteiger partial charge on any atom is -0.494 e. The van der Waals surface area contributed by atoms with Gasteiger partial charge in [0.05, 0.1) is 13.7 Å². The van der Waals surface area contributed by atoms with Crippen LogP contribution >= 0.6 is 0 Å². The zero-order chi connectivity index (χ0) is 14.9. The average molecular weight is 284 g/mol. The van der Waals surface area contributed by atoms with Crippen molar-refractivity contribution in [2.75, 3.05) is 13.7 Å². The van der Waals surface area contributed by atoms with Crippen molar-refractivity contribution in [3.8, 4) is 5.75 Å². The predicted octanol–water partition coefficient (Wildman–Crippen LogP) is 3.61. The van der Waals surface area contributed by atoms with E-state index in [1.165, 1.54) is 18.2 Å². The molecule has 0 amide bonds. The fraction of sp³-hybridized carbons (Fsp3) is 0.278. The Morgan fingerprint density at radius 2 is 1.62 bits per heavy atom. The highest BCUT2D eigenvalue weighted by molar-refractivity contribution is 5.69. The van der Waals surface area contributed by atoms with E-state index >= 15 is 0 Å². The molecule has 3 nitrogen and oxygen atoms in total. The SMILES string of the molecule is COC(=O)CCCOc1ccc(Cc2ccccc2)cc1. The first-order valence-electron chi connectivity index (χ1n) is 7.10. The first kappa shape index (κ1) is 15.1. The fourth-order valence-corrected chi connectivity index (χ4v) is 2.04. The summed E-state index contributed by atoms with van der Waals surface area (Å²) in [4.78, 5) is 11.0. The number of hydrogen-bond donors (Lipinski definition) is 0. The minimum atomic E-state index is -0.197. The standard InChI is InChI=1S/C18H20O3/c1-20-18(19)8-5-13-21-17-11-9-16(10-12-17)14-15-6-3-2-4-7-15/h2-4,6-7,9-12H,5,8,13-14H2,1H3. The van der Waals surface area contributed by atoms with Gasteiger partial charge in [0.15, 0.2) is 0 Å². The van der Waals surface area contributed by atoms with Crippen LogP contribution in [0.2, 0.25) is 0 Å². The zero-order valence-corrected chi connectivity index (χ0v) is 12.2. The maximum atomic E-state index is 11.0. The van der Waals surface area contributed by atoms with E-state index in [0.717, 1.165) is 12.2 Å². The number of carbonyl (C=O) groups is 1. The van der Waals surface area contributed by atoms with Crippen LogP contribution in [-0.4, -0.2) is 19.7 Å². The third kappa shape index (κ3) is 5.30. The molecular formula is C18H20O3. The van der Waals surface area contributed by atoms with E-state index in [0.29, 0.717) is 19.4 Å². The van der Waals surface area contributed by atoms with Gasteiger partial charge < -0.3 is 9.47 Å². The van der Waals surface area contributed by atoms with Crippen molar-refractivity contribution in [2.45, 2.75) is 19.3 Å². The summed E-state index contributed by atoms with van der Waals surface area (Å²) in [5, 5.41) is 0. The molecule has 0 aliphatic rings. The van der Waals surface area contributed by atoms with Crippen molar-refractivity contribution in [3.05, 3.63) is 65.7 Å². The van der Waals surface area contributed by atoms with E-state index in [1.54, 1.807) is 0 Å². The highest BCUT2D eigenvalue weighted by atomic mass is 16.5. The van der Waals surface area contributed by atoms with E-state index in [9.17, 15) is 4.79 Å². The number of methoxy groups -OCH3 is 1. The van der Waals surface area contributed by atoms with Gasteiger partial charge in [-0.25, -0.2) is 0 Å². The minimum absolute atomic E-state index is 0.197. The van der Waals surface area contributed by atoms with E-state index in [1.807, 2.05) is 30.3 Å². The van der Waals surface area contributed by atoms with E-state index in [4.69, 9.17) is 4.74 Å². The van der Waals surface area contributed by atoms with Gasteiger partial charge in [-0.1, -0.05) is 42.5 Å². The highest BCUT2D eigenvalue weighted by Crippen LogP contribution is 2.15. The Balaban J connectivity index is 1.78. The van der Waals surface area contributed by atoms with Gasteiger partial charge in [-0.05, 0) is 36.1 Å². The lowest BCUT2D eigenvalue weighted by atomic mass is 10.1. The second-order valence-electron chi connectivity index (χ2n) is 4.83. The summed E-state index contributed by atoms with van der Waals surface area (Å²) in [5.74, 6) is 0.633. The summed E-state index contributed by atoms with van der Waals surface area (Å²) in [5.41, 5.74) is 2.55. The molecule has 0 saturated heterocycles. The largest absolute Gasteiger partial charge is 0.494 e. The quantitative estimate of drug-likeness (QED) is 0.575. The third-order valence-corrected chi connectivity index (χ3v) is 3.20. The molecule has 2 aromatic rings. The number of ether oxygens (including phenoxy) is 2. The second-order valence-corrected chi connectivity index (χ2v) is 4.83. The van der Waals surface area contributed by atoms with Crippen molar-refractivity contribution < 1.29 is 14.3 Å². The van der Waals surface area contributed by atoms with E-state index in [-0.39, 0.29) is 5.97 Å². The van der Waals surface area contributed by atoms with Gasteiger partial charge in [0.1, 0.15) is 5.75 Å². The maximum Gasteiger partial charge on any atom is 0.305 e. The molecule has 0 aromatic heterocycles. The smallest absolute Gasteiger partial charge is 0.305 e. The second kappa shape index (κ2) is 8.10. The van der Waals surface area contributed by atoms with Gasteiger partial charge in [0.2, 0.25) is 0 Å². The van der Waals surface area contributed by atoms with Crippen molar-refractivity contribution >= 4 is 5.97 Å². The van der Waals surface area contributed by atoms with Gasteiger partial charge in [-0.2, -0.15) is 0 Å². The van der Waals surface area contributed by atoms with E-state index < -0.39 is 0 Å². The molecule has 0 aliphatic carbocycles. The number of benzene rings is 2. The fourth-order valence-electron chi connectivity index (χ4n) is 2.04. The van der Waals surface area contributed by atoms with Crippen molar-refractivity contribution in [1.29, 1.82) is 0 Å². The molecule has 3 heteroatoms. The highest BCUT2D eigenvalue weighted by Gasteiger charge is 2.01. The Morgan fingerprint density at radius 3 is 2.29 bits per heavy atom. The molecule has 110 valence electrons. The molecule has 0 fully saturated rings. The summed E-state index contributed by atoms with van der Waals surface area (Å²) in [6.07, 6.45) is 1.98. The summed E-state index contributed by atoms with van der Waals surface area (Å²) in [6.45, 7) is 0.521. The molecule has 0 heterocycles. The normalized spacial score (nSPS) is 10.1. The van der Waals surface area contributed by atoms with Gasteiger partial charge >= 0.3 is 5.97 Å². The summed E-state index contributed by atoms with van der Waals surface area (Å²) in [6, 6.07) is 18.4. The van der Waals surface area contributed by atoms with Crippen LogP contribution in [-0.2, 0) is 16.0 Å². The molecule has 0 spiro atoms. The molecule has 0 N–H and O–H groups in total. The number of carbonyl (C=O) groups excluding carboxylic acids is 1. The first-order chi connectivity index (χ1) is 10.3. The molecular weight excluding hydrogens is 264 g/mol. The molecule has 0 atom stereocenters. The lowest BCUT2D eigenvalue weighted by molar-refractivity contribution is -0.140. The maximum absolute atomic E-state index is 11.0. The first-order valence-corrected chi connectivity index (χ1v) is 7.10. The zero-order valence-electron chi connectivity index (χ0n) is 12.2. The molecule has 21 heavy (non-hydrogen) atoms. The van der Waals surface area contributed by atoms with Crippen LogP contribution in [0, 0.1) is 0 Å². The number of rotatable bonds is 7. The van der Waals surface area contributed by atoms with Gasteiger partial charge in [-0.15, -0.1) is 0 Å². The van der Waals surface area contributed by atoms with Crippen molar-refractivity contribution in [2.24, 2.45) is 0 Å². The number of esters is 1. The van der Waals surface area contributed by atoms with Gasteiger partial charge in [-0.3, -0.25) is 4.79 Å². The Kier molecular flexibility index (Phi) is 5.83. The Bertz CT molecular complexity index is 546. The van der Waals surface area contributed by atoms with Crippen LogP contribution in [0.4, 0.5) is 0 Å². The lowest BCUT2D eigenvalue weighted by Gasteiger charge is -2.07. The van der Waals surface area contributed by atoms with Crippen LogP contribution in [0.5, 0.6) is 5.75 Å². The Hall–Kier alpha value is -2.29. The van der Waals surface area contributed by atoms with Crippen LogP contribution in [0.3, 0.4) is 0 Å². The average Bonchev–Trinajstić information content (AvgIpc) is 2.54. The lowest BCUT2D eigenvalue weighted by Crippen LogP contribution is -2.04. The molecule has 0 saturated carbocycles. The van der Waals surface area contributed by atoms with Crippen LogP contribution in [0.1, 0.15) is 24.0 Å². The number of hydrogen-bond acceptors (Lipinski definition) is 3. The van der Waals surface area contributed by atoms with Gasteiger partial charge in [0, 0.05) is 6.42 Å².